The van der Waals surface area contributed by atoms with Crippen molar-refractivity contribution in [2.24, 2.45) is 29.2 Å². The average molecular weight is 717 g/mol. The van der Waals surface area contributed by atoms with Crippen LogP contribution in [0.3, 0.4) is 0 Å². The molecular weight excluding hydrogens is 669 g/mol. The maximum absolute atomic E-state index is 14.5. The summed E-state index contributed by atoms with van der Waals surface area (Å²) in [5.74, 6) is 0.234. The molecule has 51 heavy (non-hydrogen) atoms. The average Bonchev–Trinajstić information content (AvgIpc) is 3.40. The second kappa shape index (κ2) is 14.1. The van der Waals surface area contributed by atoms with Crippen LogP contribution in [0.5, 0.6) is 11.6 Å². The first-order valence-electron chi connectivity index (χ1n) is 17.9. The topological polar surface area (TPSA) is 137 Å². The van der Waals surface area contributed by atoms with E-state index in [9.17, 15) is 13.8 Å². The lowest BCUT2D eigenvalue weighted by atomic mass is 9.68. The predicted octanol–water partition coefficient (Wildman–Crippen LogP) is 5.20. The van der Waals surface area contributed by atoms with Crippen molar-refractivity contribution in [3.8, 4) is 11.6 Å². The quantitative estimate of drug-likeness (QED) is 0.362. The highest BCUT2D eigenvalue weighted by Crippen LogP contribution is 2.46. The second-order valence-corrected chi connectivity index (χ2v) is 16.8. The minimum Gasteiger partial charge on any atom is -0.489 e. The first-order chi connectivity index (χ1) is 24.5. The zero-order valence-corrected chi connectivity index (χ0v) is 30.9. The Morgan fingerprint density at radius 2 is 2.02 bits per heavy atom. The number of benzene rings is 1. The number of amides is 2. The van der Waals surface area contributed by atoms with Crippen molar-refractivity contribution in [2.75, 3.05) is 44.6 Å². The Kier molecular flexibility index (Phi) is 9.70. The molecule has 0 saturated heterocycles. The van der Waals surface area contributed by atoms with E-state index in [4.69, 9.17) is 19.2 Å². The van der Waals surface area contributed by atoms with Crippen LogP contribution in [0.15, 0.2) is 53.0 Å². The van der Waals surface area contributed by atoms with E-state index in [1.165, 1.54) is 34.7 Å². The summed E-state index contributed by atoms with van der Waals surface area (Å²) in [6.45, 7) is 5.98. The highest BCUT2D eigenvalue weighted by atomic mass is 32.2. The zero-order valence-electron chi connectivity index (χ0n) is 30.1. The smallest absolute Gasteiger partial charge is 0.305 e. The molecule has 13 heteroatoms. The maximum Gasteiger partial charge on any atom is 0.305 e. The number of carbonyl (C=O) groups is 2. The maximum atomic E-state index is 14.5. The number of pyridine rings is 1. The number of aryl methyl sites for hydroxylation is 3. The van der Waals surface area contributed by atoms with Crippen LogP contribution in [-0.4, -0.2) is 76.6 Å². The number of nitrogens with zero attached hydrogens (tertiary/aromatic N) is 5. The van der Waals surface area contributed by atoms with Gasteiger partial charge in [0.1, 0.15) is 21.2 Å². The summed E-state index contributed by atoms with van der Waals surface area (Å²) in [6.07, 6.45) is 11.3. The standard InChI is InChI=1S/C38H48N6O6S/c1-24-11-14-30-26(18-24)9-7-17-38(30)22-44-19-27-12-13-28(27)32(48-4)10-6-8-25(2)21-51(47,41-35(45)29-20-43(3)40-37(29)49-5)42-36(46)31-15-16-33(50-23-38)34(44)39-31/h6,10-11,14-16,18,20,25,27-28,32H,7-9,12-13,17,19,21-23H2,1-5H3,(H,41,42,45,46,47)/b10-6+/t25-,27-,28+,32-,38-,51+/m0/s1. The van der Waals surface area contributed by atoms with Crippen molar-refractivity contribution < 1.29 is 28.0 Å². The van der Waals surface area contributed by atoms with E-state index in [0.717, 1.165) is 38.6 Å². The van der Waals surface area contributed by atoms with Crippen LogP contribution in [-0.2, 0) is 33.5 Å². The van der Waals surface area contributed by atoms with Gasteiger partial charge in [-0.3, -0.25) is 19.0 Å². The zero-order chi connectivity index (χ0) is 35.9. The molecule has 0 unspecified atom stereocenters. The minimum absolute atomic E-state index is 0.0403. The molecule has 4 heterocycles. The molecule has 2 bridgehead atoms. The Labute approximate surface area is 300 Å². The molecule has 2 aliphatic heterocycles. The molecule has 7 rings (SSSR count). The van der Waals surface area contributed by atoms with Crippen LogP contribution >= 0.6 is 0 Å². The molecule has 4 aliphatic rings. The van der Waals surface area contributed by atoms with Crippen molar-refractivity contribution >= 4 is 27.5 Å². The van der Waals surface area contributed by atoms with Crippen LogP contribution in [0.25, 0.3) is 0 Å². The molecule has 3 aromatic rings. The van der Waals surface area contributed by atoms with Crippen LogP contribution < -0.4 is 19.1 Å². The van der Waals surface area contributed by atoms with Gasteiger partial charge in [-0.1, -0.05) is 42.8 Å². The monoisotopic (exact) mass is 716 g/mol. The van der Waals surface area contributed by atoms with Crippen molar-refractivity contribution in [1.29, 1.82) is 0 Å². The number of hydrogen-bond donors (Lipinski definition) is 1. The number of nitrogens with one attached hydrogen (secondary N) is 1. The van der Waals surface area contributed by atoms with Crippen LogP contribution in [0.1, 0.15) is 76.6 Å². The normalized spacial score (nSPS) is 29.7. The van der Waals surface area contributed by atoms with E-state index < -0.39 is 21.7 Å². The Morgan fingerprint density at radius 1 is 1.18 bits per heavy atom. The highest BCUT2D eigenvalue weighted by molar-refractivity contribution is 7.92. The fourth-order valence-corrected chi connectivity index (χ4v) is 10.2. The van der Waals surface area contributed by atoms with Crippen molar-refractivity contribution in [1.82, 2.24) is 19.5 Å². The van der Waals surface area contributed by atoms with Gasteiger partial charge >= 0.3 is 5.91 Å². The SMILES string of the molecule is COc1nn(C)cc1C(=O)N[S@@]1(=O)=NC(=O)c2ccc3c(n2)N(C[C@@H]2CC[C@H]2[C@@H](OC)/C=C/C[C@H](C)C1)C[C@@]1(CCCc2cc(C)ccc21)CO3. The van der Waals surface area contributed by atoms with Crippen LogP contribution in [0.2, 0.25) is 0 Å². The molecule has 1 saturated carbocycles. The fraction of sp³-hybridized carbons (Fsp3) is 0.526. The molecule has 12 nitrogen and oxygen atoms in total. The summed E-state index contributed by atoms with van der Waals surface area (Å²) in [5.41, 5.74) is 3.82. The van der Waals surface area contributed by atoms with E-state index in [1.807, 2.05) is 6.92 Å². The Morgan fingerprint density at radius 3 is 2.78 bits per heavy atom. The van der Waals surface area contributed by atoms with Crippen LogP contribution in [0, 0.1) is 24.7 Å². The second-order valence-electron chi connectivity index (χ2n) is 14.8. The molecule has 1 N–H and O–H groups in total. The number of fused-ring (bicyclic) bond motifs is 4. The number of aromatic nitrogens is 3. The third-order valence-corrected chi connectivity index (χ3v) is 13.0. The van der Waals surface area contributed by atoms with E-state index in [2.05, 4.69) is 56.4 Å². The van der Waals surface area contributed by atoms with Crippen molar-refractivity contribution in [3.05, 3.63) is 76.6 Å². The molecule has 0 radical (unpaired) electrons. The predicted molar refractivity (Wildman–Crippen MR) is 195 cm³/mol. The lowest BCUT2D eigenvalue weighted by molar-refractivity contribution is 0.0131. The van der Waals surface area contributed by atoms with Gasteiger partial charge in [0.2, 0.25) is 5.88 Å². The minimum atomic E-state index is -3.62. The summed E-state index contributed by atoms with van der Waals surface area (Å²) < 4.78 is 40.7. The van der Waals surface area contributed by atoms with Gasteiger partial charge in [0.25, 0.3) is 5.91 Å². The number of ether oxygens (including phenoxy) is 3. The summed E-state index contributed by atoms with van der Waals surface area (Å²) in [4.78, 5) is 34.7. The van der Waals surface area contributed by atoms with Crippen molar-refractivity contribution in [3.63, 3.8) is 0 Å². The van der Waals surface area contributed by atoms with Gasteiger partial charge in [-0.15, -0.1) is 9.46 Å². The summed E-state index contributed by atoms with van der Waals surface area (Å²) in [5, 5.41) is 4.14. The summed E-state index contributed by atoms with van der Waals surface area (Å²) in [7, 11) is 1.19. The van der Waals surface area contributed by atoms with E-state index in [-0.39, 0.29) is 40.3 Å². The summed E-state index contributed by atoms with van der Waals surface area (Å²) >= 11 is 0. The molecule has 2 aliphatic carbocycles. The fourth-order valence-electron chi connectivity index (χ4n) is 8.35. The molecular formula is C38H48N6O6S. The number of methoxy groups -OCH3 is 2. The molecule has 2 amide bonds. The van der Waals surface area contributed by atoms with Gasteiger partial charge < -0.3 is 19.1 Å². The molecule has 1 fully saturated rings. The van der Waals surface area contributed by atoms with Gasteiger partial charge in [-0.05, 0) is 86.5 Å². The van der Waals surface area contributed by atoms with Gasteiger partial charge in [0.05, 0.1) is 25.6 Å². The van der Waals surface area contributed by atoms with Gasteiger partial charge in [0, 0.05) is 38.9 Å². The van der Waals surface area contributed by atoms with Gasteiger partial charge in [0.15, 0.2) is 11.6 Å². The molecule has 272 valence electrons. The first kappa shape index (κ1) is 35.2. The largest absolute Gasteiger partial charge is 0.489 e. The lowest BCUT2D eigenvalue weighted by Gasteiger charge is -2.45. The molecule has 1 aromatic carbocycles. The van der Waals surface area contributed by atoms with Gasteiger partial charge in [-0.2, -0.15) is 0 Å². The number of hydrogen-bond acceptors (Lipinski definition) is 9. The van der Waals surface area contributed by atoms with Crippen molar-refractivity contribution in [2.45, 2.75) is 63.9 Å². The Hall–Kier alpha value is -4.23. The number of allylic oxidation sites excluding steroid dienone is 1. The number of anilines is 1. The van der Waals surface area contributed by atoms with E-state index in [1.54, 1.807) is 26.3 Å². The molecule has 6 atom stereocenters. The third kappa shape index (κ3) is 7.02. The van der Waals surface area contributed by atoms with E-state index >= 15 is 0 Å². The molecule has 1 spiro atoms. The third-order valence-electron chi connectivity index (χ3n) is 11.0. The lowest BCUT2D eigenvalue weighted by Crippen LogP contribution is -2.49. The number of carbonyl (C=O) groups excluding carboxylic acids is 2. The Balaban J connectivity index is 1.31. The number of rotatable bonds is 4. The first-order valence-corrected chi connectivity index (χ1v) is 19.6. The Bertz CT molecular complexity index is 1980. The van der Waals surface area contributed by atoms with E-state index in [0.29, 0.717) is 43.0 Å². The van der Waals surface area contributed by atoms with Gasteiger partial charge in [-0.25, -0.2) is 9.19 Å². The highest BCUT2D eigenvalue weighted by Gasteiger charge is 2.45. The summed E-state index contributed by atoms with van der Waals surface area (Å²) in [6, 6.07) is 10.1. The molecule has 2 aromatic heterocycles. The van der Waals surface area contributed by atoms with Crippen LogP contribution in [0.4, 0.5) is 5.82 Å².